The van der Waals surface area contributed by atoms with Gasteiger partial charge in [-0.1, -0.05) is 24.3 Å². The van der Waals surface area contributed by atoms with E-state index < -0.39 is 0 Å². The summed E-state index contributed by atoms with van der Waals surface area (Å²) in [5, 5.41) is 0. The van der Waals surface area contributed by atoms with Gasteiger partial charge in [-0.25, -0.2) is 0 Å². The van der Waals surface area contributed by atoms with E-state index in [1.165, 1.54) is 11.1 Å². The van der Waals surface area contributed by atoms with E-state index >= 15 is 0 Å². The van der Waals surface area contributed by atoms with E-state index in [0.29, 0.717) is 19.1 Å². The molecule has 0 saturated carbocycles. The Kier molecular flexibility index (Phi) is 4.09. The molecule has 0 radical (unpaired) electrons. The molecule has 1 unspecified atom stereocenters. The number of carbonyl (C=O) groups excluding carboxylic acids is 1. The van der Waals surface area contributed by atoms with Gasteiger partial charge in [0, 0.05) is 51.7 Å². The van der Waals surface area contributed by atoms with Gasteiger partial charge in [-0.05, 0) is 18.2 Å². The second-order valence-corrected chi connectivity index (χ2v) is 7.01. The number of hydrogen-bond donors (Lipinski definition) is 0. The minimum absolute atomic E-state index is 0.171. The van der Waals surface area contributed by atoms with Crippen LogP contribution in [0.3, 0.4) is 0 Å². The van der Waals surface area contributed by atoms with Crippen molar-refractivity contribution in [3.05, 3.63) is 35.4 Å². The molecule has 0 aromatic heterocycles. The second-order valence-electron chi connectivity index (χ2n) is 7.01. The number of piperazine rings is 1. The highest BCUT2D eigenvalue weighted by Crippen LogP contribution is 2.24. The first-order chi connectivity index (χ1) is 11.2. The van der Waals surface area contributed by atoms with Crippen molar-refractivity contribution in [3.8, 4) is 0 Å². The minimum atomic E-state index is -0.293. The minimum Gasteiger partial charge on any atom is -0.363 e. The van der Waals surface area contributed by atoms with Gasteiger partial charge in [0.25, 0.3) is 5.91 Å². The van der Waals surface area contributed by atoms with Crippen LogP contribution in [0, 0.1) is 0 Å². The summed E-state index contributed by atoms with van der Waals surface area (Å²) in [6.45, 7) is 6.79. The van der Waals surface area contributed by atoms with Crippen LogP contribution in [0.4, 0.5) is 0 Å². The summed E-state index contributed by atoms with van der Waals surface area (Å²) in [4.78, 5) is 19.5. The van der Waals surface area contributed by atoms with Crippen molar-refractivity contribution in [2.24, 2.45) is 0 Å². The maximum Gasteiger partial charge on any atom is 0.252 e. The van der Waals surface area contributed by atoms with Crippen molar-refractivity contribution < 1.29 is 9.53 Å². The van der Waals surface area contributed by atoms with Gasteiger partial charge in [0.1, 0.15) is 6.10 Å². The Morgan fingerprint density at radius 2 is 1.78 bits per heavy atom. The zero-order valence-electron chi connectivity index (χ0n) is 13.8. The Bertz CT molecular complexity index is 577. The third-order valence-corrected chi connectivity index (χ3v) is 5.47. The second kappa shape index (κ2) is 6.23. The van der Waals surface area contributed by atoms with Gasteiger partial charge in [-0.2, -0.15) is 0 Å². The highest BCUT2D eigenvalue weighted by atomic mass is 16.5. The molecule has 4 rings (SSSR count). The first-order valence-corrected chi connectivity index (χ1v) is 8.60. The highest BCUT2D eigenvalue weighted by Gasteiger charge is 2.39. The lowest BCUT2D eigenvalue weighted by molar-refractivity contribution is -0.153. The number of hydrogen-bond acceptors (Lipinski definition) is 4. The number of ether oxygens (including phenoxy) is 1. The Morgan fingerprint density at radius 1 is 1.09 bits per heavy atom. The van der Waals surface area contributed by atoms with Crippen LogP contribution in [-0.4, -0.2) is 79.1 Å². The van der Waals surface area contributed by atoms with Crippen LogP contribution in [0.5, 0.6) is 0 Å². The predicted octanol–water partition coefficient (Wildman–Crippen LogP) is 0.586. The molecule has 0 spiro atoms. The van der Waals surface area contributed by atoms with Crippen LogP contribution in [0.25, 0.3) is 0 Å². The molecule has 23 heavy (non-hydrogen) atoms. The van der Waals surface area contributed by atoms with Crippen molar-refractivity contribution in [1.82, 2.24) is 14.7 Å². The number of nitrogens with zero attached hydrogens (tertiary/aromatic N) is 3. The van der Waals surface area contributed by atoms with Crippen LogP contribution in [0.1, 0.15) is 11.1 Å². The number of benzene rings is 1. The van der Waals surface area contributed by atoms with Crippen LogP contribution in [-0.2, 0) is 22.6 Å². The van der Waals surface area contributed by atoms with E-state index in [0.717, 1.165) is 39.3 Å². The number of likely N-dealkylation sites (N-methyl/N-ethyl adjacent to an activating group) is 1. The summed E-state index contributed by atoms with van der Waals surface area (Å²) in [7, 11) is 2.17. The fourth-order valence-electron chi connectivity index (χ4n) is 3.76. The monoisotopic (exact) mass is 315 g/mol. The van der Waals surface area contributed by atoms with Gasteiger partial charge in [0.2, 0.25) is 0 Å². The van der Waals surface area contributed by atoms with Crippen molar-refractivity contribution in [3.63, 3.8) is 0 Å². The average Bonchev–Trinajstić information content (AvgIpc) is 2.54. The molecule has 0 N–H and O–H groups in total. The van der Waals surface area contributed by atoms with Crippen LogP contribution in [0.2, 0.25) is 0 Å². The first kappa shape index (κ1) is 15.1. The zero-order chi connectivity index (χ0) is 15.8. The molecule has 1 aromatic carbocycles. The maximum atomic E-state index is 12.6. The molecule has 5 nitrogen and oxygen atoms in total. The third-order valence-electron chi connectivity index (χ3n) is 5.47. The number of fused-ring (bicyclic) bond motifs is 1. The lowest BCUT2D eigenvalue weighted by Crippen LogP contribution is -2.65. The molecule has 0 aliphatic carbocycles. The molecule has 2 saturated heterocycles. The third kappa shape index (κ3) is 3.01. The predicted molar refractivity (Wildman–Crippen MR) is 88.2 cm³/mol. The quantitative estimate of drug-likeness (QED) is 0.800. The smallest absolute Gasteiger partial charge is 0.252 e. The fraction of sp³-hybridized carbons (Fsp3) is 0.611. The van der Waals surface area contributed by atoms with Gasteiger partial charge in [-0.3, -0.25) is 9.69 Å². The molecule has 3 aliphatic rings. The van der Waals surface area contributed by atoms with E-state index in [4.69, 9.17) is 4.74 Å². The normalized spacial score (nSPS) is 26.7. The summed E-state index contributed by atoms with van der Waals surface area (Å²) in [5.41, 5.74) is 2.48. The topological polar surface area (TPSA) is 36.0 Å². The molecule has 1 aromatic rings. The molecule has 124 valence electrons. The van der Waals surface area contributed by atoms with Gasteiger partial charge in [0.05, 0.1) is 6.61 Å². The SMILES string of the molecule is CN1CCN(C2CN(C(=O)C3Cc4ccccc4CO3)C2)CC1. The fourth-order valence-corrected chi connectivity index (χ4v) is 3.76. The van der Waals surface area contributed by atoms with Crippen LogP contribution in [0.15, 0.2) is 24.3 Å². The van der Waals surface area contributed by atoms with Gasteiger partial charge < -0.3 is 14.5 Å². The molecule has 1 amide bonds. The summed E-state index contributed by atoms with van der Waals surface area (Å²) in [6, 6.07) is 8.81. The summed E-state index contributed by atoms with van der Waals surface area (Å²) < 4.78 is 5.81. The summed E-state index contributed by atoms with van der Waals surface area (Å²) in [5.74, 6) is 0.171. The van der Waals surface area contributed by atoms with Gasteiger partial charge in [-0.15, -0.1) is 0 Å². The highest BCUT2D eigenvalue weighted by molar-refractivity contribution is 5.82. The van der Waals surface area contributed by atoms with E-state index in [1.807, 2.05) is 17.0 Å². The molecule has 3 aliphatic heterocycles. The molecule has 2 fully saturated rings. The van der Waals surface area contributed by atoms with Gasteiger partial charge in [0.15, 0.2) is 0 Å². The van der Waals surface area contributed by atoms with Crippen LogP contribution < -0.4 is 0 Å². The molecule has 0 bridgehead atoms. The summed E-state index contributed by atoms with van der Waals surface area (Å²) >= 11 is 0. The Balaban J connectivity index is 1.30. The first-order valence-electron chi connectivity index (χ1n) is 8.60. The van der Waals surface area contributed by atoms with Gasteiger partial charge >= 0.3 is 0 Å². The zero-order valence-corrected chi connectivity index (χ0v) is 13.8. The summed E-state index contributed by atoms with van der Waals surface area (Å²) in [6.07, 6.45) is 0.420. The number of rotatable bonds is 2. The largest absolute Gasteiger partial charge is 0.363 e. The Morgan fingerprint density at radius 3 is 2.52 bits per heavy atom. The number of amides is 1. The number of likely N-dealkylation sites (tertiary alicyclic amines) is 1. The van der Waals surface area contributed by atoms with E-state index in [9.17, 15) is 4.79 Å². The van der Waals surface area contributed by atoms with Crippen molar-refractivity contribution in [1.29, 1.82) is 0 Å². The molecular formula is C18H25N3O2. The lowest BCUT2D eigenvalue weighted by Gasteiger charge is -2.48. The lowest BCUT2D eigenvalue weighted by atomic mass is 9.97. The van der Waals surface area contributed by atoms with E-state index in [1.54, 1.807) is 0 Å². The molecule has 1 atom stereocenters. The van der Waals surface area contributed by atoms with Crippen LogP contribution >= 0.6 is 0 Å². The van der Waals surface area contributed by atoms with Crippen molar-refractivity contribution in [2.75, 3.05) is 46.3 Å². The van der Waals surface area contributed by atoms with E-state index in [-0.39, 0.29) is 12.0 Å². The van der Waals surface area contributed by atoms with Crippen molar-refractivity contribution in [2.45, 2.75) is 25.2 Å². The molecule has 5 heteroatoms. The molecule has 3 heterocycles. The van der Waals surface area contributed by atoms with E-state index in [2.05, 4.69) is 29.0 Å². The standard InChI is InChI=1S/C18H25N3O2/c1-19-6-8-20(9-7-19)16-11-21(12-16)18(22)17-10-14-4-2-3-5-15(14)13-23-17/h2-5,16-17H,6-13H2,1H3. The number of carbonyl (C=O) groups is 1. The Labute approximate surface area is 137 Å². The van der Waals surface area contributed by atoms with Crippen molar-refractivity contribution >= 4 is 5.91 Å². The Hall–Kier alpha value is -1.43. The maximum absolute atomic E-state index is 12.6. The average molecular weight is 315 g/mol. The molecular weight excluding hydrogens is 290 g/mol.